The van der Waals surface area contributed by atoms with Crippen LogP contribution in [0.1, 0.15) is 37.4 Å². The number of aromatic nitrogens is 2. The van der Waals surface area contributed by atoms with Crippen LogP contribution in [0.15, 0.2) is 10.9 Å². The van der Waals surface area contributed by atoms with Crippen molar-refractivity contribution in [3.05, 3.63) is 22.1 Å². The SMILES string of the molecule is N=C(N)c1cc(=O)n(C2CCCC2)[nH]1. The van der Waals surface area contributed by atoms with Gasteiger partial charge in [0.2, 0.25) is 0 Å². The summed E-state index contributed by atoms with van der Waals surface area (Å²) in [7, 11) is 0. The Morgan fingerprint density at radius 2 is 2.21 bits per heavy atom. The molecule has 0 aliphatic heterocycles. The van der Waals surface area contributed by atoms with Gasteiger partial charge < -0.3 is 5.73 Å². The predicted octanol–water partition coefficient (Wildman–Crippen LogP) is 0.576. The monoisotopic (exact) mass is 194 g/mol. The summed E-state index contributed by atoms with van der Waals surface area (Å²) in [6.45, 7) is 0. The fourth-order valence-electron chi connectivity index (χ4n) is 1.98. The van der Waals surface area contributed by atoms with Crippen LogP contribution in [0.4, 0.5) is 0 Å². The smallest absolute Gasteiger partial charge is 0.267 e. The number of amidine groups is 1. The molecule has 5 heteroatoms. The predicted molar refractivity (Wildman–Crippen MR) is 53.6 cm³/mol. The Morgan fingerprint density at radius 3 is 2.71 bits per heavy atom. The molecular weight excluding hydrogens is 180 g/mol. The minimum absolute atomic E-state index is 0.0814. The van der Waals surface area contributed by atoms with E-state index in [-0.39, 0.29) is 17.4 Å². The number of nitrogen functional groups attached to an aromatic ring is 1. The average molecular weight is 194 g/mol. The maximum atomic E-state index is 11.5. The number of H-pyrrole nitrogens is 1. The van der Waals surface area contributed by atoms with E-state index in [1.807, 2.05) is 0 Å². The van der Waals surface area contributed by atoms with Gasteiger partial charge in [0.25, 0.3) is 5.56 Å². The van der Waals surface area contributed by atoms with Crippen LogP contribution < -0.4 is 11.3 Å². The number of nitrogens with two attached hydrogens (primary N) is 1. The summed E-state index contributed by atoms with van der Waals surface area (Å²) in [5, 5.41) is 10.1. The maximum absolute atomic E-state index is 11.5. The van der Waals surface area contributed by atoms with E-state index in [0.717, 1.165) is 12.8 Å². The van der Waals surface area contributed by atoms with Crippen LogP contribution in [-0.4, -0.2) is 15.6 Å². The molecule has 14 heavy (non-hydrogen) atoms. The highest BCUT2D eigenvalue weighted by molar-refractivity contribution is 5.92. The molecule has 1 saturated carbocycles. The van der Waals surface area contributed by atoms with Crippen molar-refractivity contribution in [2.45, 2.75) is 31.7 Å². The zero-order valence-electron chi connectivity index (χ0n) is 7.92. The lowest BCUT2D eigenvalue weighted by atomic mass is 10.3. The van der Waals surface area contributed by atoms with E-state index in [4.69, 9.17) is 11.1 Å². The highest BCUT2D eigenvalue weighted by Crippen LogP contribution is 2.27. The molecule has 0 aromatic carbocycles. The van der Waals surface area contributed by atoms with Gasteiger partial charge in [-0.25, -0.2) is 4.68 Å². The van der Waals surface area contributed by atoms with Crippen LogP contribution in [0.2, 0.25) is 0 Å². The minimum atomic E-state index is -0.0844. The van der Waals surface area contributed by atoms with Gasteiger partial charge in [-0.15, -0.1) is 0 Å². The number of aromatic amines is 1. The van der Waals surface area contributed by atoms with Crippen molar-refractivity contribution in [3.63, 3.8) is 0 Å². The first-order chi connectivity index (χ1) is 6.68. The molecule has 0 radical (unpaired) electrons. The average Bonchev–Trinajstić information content (AvgIpc) is 2.71. The summed E-state index contributed by atoms with van der Waals surface area (Å²) in [5.41, 5.74) is 5.63. The second-order valence-electron chi connectivity index (χ2n) is 3.73. The van der Waals surface area contributed by atoms with Gasteiger partial charge in [0.1, 0.15) is 11.5 Å². The molecule has 1 aromatic rings. The number of hydrogen-bond donors (Lipinski definition) is 3. The van der Waals surface area contributed by atoms with E-state index in [1.165, 1.54) is 18.9 Å². The van der Waals surface area contributed by atoms with E-state index >= 15 is 0 Å². The molecule has 76 valence electrons. The molecule has 1 heterocycles. The molecule has 0 bridgehead atoms. The lowest BCUT2D eigenvalue weighted by Gasteiger charge is -2.09. The standard InChI is InChI=1S/C9H14N4O/c10-9(11)7-5-8(14)13(12-7)6-3-1-2-4-6/h5-6,12H,1-4H2,(H3,10,11). The first-order valence-electron chi connectivity index (χ1n) is 4.84. The van der Waals surface area contributed by atoms with Crippen molar-refractivity contribution < 1.29 is 0 Å². The van der Waals surface area contributed by atoms with Gasteiger partial charge in [0, 0.05) is 6.07 Å². The van der Waals surface area contributed by atoms with E-state index in [0.29, 0.717) is 5.69 Å². The summed E-state index contributed by atoms with van der Waals surface area (Å²) in [4.78, 5) is 11.5. The molecule has 1 fully saturated rings. The van der Waals surface area contributed by atoms with Crippen LogP contribution in [0.5, 0.6) is 0 Å². The topological polar surface area (TPSA) is 87.7 Å². The fourth-order valence-corrected chi connectivity index (χ4v) is 1.98. The molecule has 1 aliphatic rings. The summed E-state index contributed by atoms with van der Waals surface area (Å²) >= 11 is 0. The van der Waals surface area contributed by atoms with Crippen molar-refractivity contribution >= 4 is 5.84 Å². The molecule has 1 aliphatic carbocycles. The summed E-state index contributed by atoms with van der Waals surface area (Å²) < 4.78 is 1.60. The van der Waals surface area contributed by atoms with Gasteiger partial charge >= 0.3 is 0 Å². The molecule has 4 N–H and O–H groups in total. The van der Waals surface area contributed by atoms with E-state index in [1.54, 1.807) is 4.68 Å². The van der Waals surface area contributed by atoms with Gasteiger partial charge in [0.15, 0.2) is 0 Å². The van der Waals surface area contributed by atoms with Gasteiger partial charge in [-0.2, -0.15) is 0 Å². The zero-order chi connectivity index (χ0) is 10.1. The van der Waals surface area contributed by atoms with E-state index in [9.17, 15) is 4.79 Å². The Bertz CT molecular complexity index is 397. The molecule has 0 unspecified atom stereocenters. The molecule has 5 nitrogen and oxygen atoms in total. The van der Waals surface area contributed by atoms with Crippen LogP contribution in [0, 0.1) is 5.41 Å². The number of hydrogen-bond acceptors (Lipinski definition) is 2. The maximum Gasteiger partial charge on any atom is 0.267 e. The van der Waals surface area contributed by atoms with Crippen molar-refractivity contribution in [2.75, 3.05) is 0 Å². The number of nitrogens with zero attached hydrogens (tertiary/aromatic N) is 1. The Morgan fingerprint density at radius 1 is 1.57 bits per heavy atom. The lowest BCUT2D eigenvalue weighted by molar-refractivity contribution is 0.454. The highest BCUT2D eigenvalue weighted by Gasteiger charge is 2.19. The van der Waals surface area contributed by atoms with Gasteiger partial charge in [-0.05, 0) is 12.8 Å². The van der Waals surface area contributed by atoms with Crippen molar-refractivity contribution in [3.8, 4) is 0 Å². The van der Waals surface area contributed by atoms with Crippen molar-refractivity contribution in [1.29, 1.82) is 5.41 Å². The van der Waals surface area contributed by atoms with Crippen LogP contribution in [-0.2, 0) is 0 Å². The molecule has 0 amide bonds. The molecular formula is C9H14N4O. The number of rotatable bonds is 2. The van der Waals surface area contributed by atoms with Crippen LogP contribution in [0.3, 0.4) is 0 Å². The lowest BCUT2D eigenvalue weighted by Crippen LogP contribution is -2.20. The largest absolute Gasteiger partial charge is 0.382 e. The van der Waals surface area contributed by atoms with Crippen molar-refractivity contribution in [2.24, 2.45) is 5.73 Å². The zero-order valence-corrected chi connectivity index (χ0v) is 7.92. The number of nitrogens with one attached hydrogen (secondary N) is 2. The first kappa shape index (κ1) is 9.05. The Balaban J connectivity index is 2.33. The van der Waals surface area contributed by atoms with Gasteiger partial charge in [-0.1, -0.05) is 12.8 Å². The minimum Gasteiger partial charge on any atom is -0.382 e. The first-order valence-corrected chi connectivity index (χ1v) is 4.84. The summed E-state index contributed by atoms with van der Waals surface area (Å²) in [6.07, 6.45) is 4.42. The van der Waals surface area contributed by atoms with Crippen molar-refractivity contribution in [1.82, 2.24) is 9.78 Å². The Hall–Kier alpha value is -1.52. The molecule has 0 atom stereocenters. The fraction of sp³-hybridized carbons (Fsp3) is 0.556. The Labute approximate surface area is 81.4 Å². The summed E-state index contributed by atoms with van der Waals surface area (Å²) in [6, 6.07) is 1.66. The van der Waals surface area contributed by atoms with Gasteiger partial charge in [0.05, 0.1) is 6.04 Å². The van der Waals surface area contributed by atoms with Crippen LogP contribution >= 0.6 is 0 Å². The highest BCUT2D eigenvalue weighted by atomic mass is 16.1. The van der Waals surface area contributed by atoms with E-state index < -0.39 is 0 Å². The second-order valence-corrected chi connectivity index (χ2v) is 3.73. The molecule has 2 rings (SSSR count). The normalized spacial score (nSPS) is 17.4. The third kappa shape index (κ3) is 1.45. The second kappa shape index (κ2) is 3.32. The molecule has 1 aromatic heterocycles. The third-order valence-electron chi connectivity index (χ3n) is 2.73. The van der Waals surface area contributed by atoms with E-state index in [2.05, 4.69) is 5.10 Å². The quantitative estimate of drug-likeness (QED) is 0.475. The third-order valence-corrected chi connectivity index (χ3v) is 2.73. The molecule has 0 spiro atoms. The Kier molecular flexibility index (Phi) is 2.15. The molecule has 0 saturated heterocycles. The summed E-state index contributed by atoms with van der Waals surface area (Å²) in [5.74, 6) is -0.0844. The van der Waals surface area contributed by atoms with Crippen LogP contribution in [0.25, 0.3) is 0 Å². The van der Waals surface area contributed by atoms with Gasteiger partial charge in [-0.3, -0.25) is 15.3 Å².